The van der Waals surface area contributed by atoms with Gasteiger partial charge in [-0.2, -0.15) is 0 Å². The topological polar surface area (TPSA) is 224 Å². The summed E-state index contributed by atoms with van der Waals surface area (Å²) >= 11 is 14.1. The number of nitrogens with one attached hydrogen (secondary N) is 4. The summed E-state index contributed by atoms with van der Waals surface area (Å²) in [6, 6.07) is 17.5. The van der Waals surface area contributed by atoms with Crippen LogP contribution in [-0.2, 0) is 4.79 Å². The van der Waals surface area contributed by atoms with E-state index in [1.165, 1.54) is 0 Å². The number of H-pyrrole nitrogens is 2. The molecule has 4 N–H and O–H groups in total. The first-order valence-corrected chi connectivity index (χ1v) is 21.4. The number of aromatic amines is 2. The number of likely N-dealkylation sites (N-methyl/N-ethyl adjacent to an activating group) is 2. The number of rotatable bonds is 14. The minimum atomic E-state index is -1.20. The molecule has 0 saturated carbocycles. The number of pyridine rings is 2. The minimum absolute atomic E-state index is 0.0571. The fraction of sp³-hybridized carbons (Fsp3) is 0.326. The highest BCUT2D eigenvalue weighted by Gasteiger charge is 2.39. The van der Waals surface area contributed by atoms with E-state index >= 15 is 4.79 Å². The Kier molecular flexibility index (Phi) is 12.8. The Morgan fingerprint density at radius 3 is 1.38 bits per heavy atom. The molecule has 0 aliphatic carbocycles. The number of carbonyl (C=O) groups is 1. The molecule has 2 unspecified atom stereocenters. The number of halogens is 2. The Morgan fingerprint density at radius 2 is 1.02 bits per heavy atom. The van der Waals surface area contributed by atoms with Crippen LogP contribution in [0.2, 0.25) is 10.0 Å². The molecule has 8 rings (SSSR count). The Bertz CT molecular complexity index is 2530. The summed E-state index contributed by atoms with van der Waals surface area (Å²) < 4.78 is 0. The van der Waals surface area contributed by atoms with E-state index in [9.17, 15) is 20.2 Å². The second-order valence-corrected chi connectivity index (χ2v) is 16.8. The Hall–Kier alpha value is -6.67. The van der Waals surface area contributed by atoms with Crippen molar-refractivity contribution in [1.82, 2.24) is 40.2 Å². The first-order valence-electron chi connectivity index (χ1n) is 20.6. The van der Waals surface area contributed by atoms with Gasteiger partial charge in [-0.3, -0.25) is 35.2 Å². The lowest BCUT2D eigenvalue weighted by Crippen LogP contribution is -2.44. The highest BCUT2D eigenvalue weighted by molar-refractivity contribution is 6.32. The molecule has 2 fully saturated rings. The van der Waals surface area contributed by atoms with Crippen molar-refractivity contribution in [1.29, 1.82) is 0 Å². The molecule has 0 spiro atoms. The third-order valence-electron chi connectivity index (χ3n) is 11.8. The summed E-state index contributed by atoms with van der Waals surface area (Å²) in [6.07, 6.45) is 3.20. The zero-order chi connectivity index (χ0) is 45.2. The summed E-state index contributed by atoms with van der Waals surface area (Å²) in [7, 11) is 4.09. The number of piperazine rings is 2. The van der Waals surface area contributed by atoms with E-state index in [1.54, 1.807) is 86.9 Å². The van der Waals surface area contributed by atoms with Crippen LogP contribution in [0.3, 0.4) is 0 Å². The van der Waals surface area contributed by atoms with Crippen molar-refractivity contribution in [3.8, 4) is 0 Å². The number of hydrogen-bond acceptors (Lipinski definition) is 15. The molecule has 0 amide bonds. The van der Waals surface area contributed by atoms with Crippen molar-refractivity contribution < 1.29 is 14.6 Å². The van der Waals surface area contributed by atoms with Crippen LogP contribution in [0.5, 0.6) is 0 Å². The molecule has 2 aliphatic rings. The molecule has 2 atom stereocenters. The third kappa shape index (κ3) is 8.92. The highest BCUT2D eigenvalue weighted by atomic mass is 35.5. The number of aromatic nitrogens is 6. The van der Waals surface area contributed by atoms with Gasteiger partial charge in [0.1, 0.15) is 23.0 Å². The predicted octanol–water partition coefficient (Wildman–Crippen LogP) is 7.19. The van der Waals surface area contributed by atoms with Crippen LogP contribution in [-0.4, -0.2) is 122 Å². The van der Waals surface area contributed by atoms with Crippen molar-refractivity contribution in [2.75, 3.05) is 86.9 Å². The maximum absolute atomic E-state index is 16.2. The van der Waals surface area contributed by atoms with E-state index in [0.29, 0.717) is 71.4 Å². The molecule has 0 bridgehead atoms. The lowest BCUT2D eigenvalue weighted by atomic mass is 9.76. The number of carbonyl (C=O) groups excluding carboxylic acids is 1. The normalized spacial score (nSPS) is 15.8. The van der Waals surface area contributed by atoms with Crippen LogP contribution in [0.4, 0.5) is 46.0 Å². The van der Waals surface area contributed by atoms with Crippen LogP contribution >= 0.6 is 23.2 Å². The number of nitro groups is 2. The Labute approximate surface area is 378 Å². The molecule has 332 valence electrons. The summed E-state index contributed by atoms with van der Waals surface area (Å²) in [5.74, 6) is -1.75. The van der Waals surface area contributed by atoms with E-state index in [2.05, 4.69) is 50.6 Å². The molecule has 21 heteroatoms. The molecule has 2 aromatic carbocycles. The van der Waals surface area contributed by atoms with Gasteiger partial charge in [0.15, 0.2) is 5.78 Å². The van der Waals surface area contributed by atoms with Gasteiger partial charge in [0.2, 0.25) is 11.6 Å². The van der Waals surface area contributed by atoms with Gasteiger partial charge in [-0.15, -0.1) is 10.2 Å². The van der Waals surface area contributed by atoms with Crippen LogP contribution in [0, 0.1) is 34.1 Å². The summed E-state index contributed by atoms with van der Waals surface area (Å²) in [5, 5.41) is 45.6. The van der Waals surface area contributed by atoms with Crippen molar-refractivity contribution in [3.05, 3.63) is 137 Å². The maximum atomic E-state index is 16.2. The van der Waals surface area contributed by atoms with Crippen LogP contribution in [0.25, 0.3) is 0 Å². The summed E-state index contributed by atoms with van der Waals surface area (Å²) in [6.45, 7) is 8.94. The molecule has 6 aromatic rings. The molecule has 4 aromatic heterocycles. The SMILES string of the molecule is Cc1[nH]nc(Nc2cc(N3CCN(C)CC3)ncc2C(C(=O)C(c2ccccc2Cl)c2cnc(N3CCN(C)CC3)cc2Nc2n[nH]c(C)c2[N+](=O)[O-])c2ccccc2Cl)c1[N+](=O)[O-]. The van der Waals surface area contributed by atoms with E-state index < -0.39 is 27.5 Å². The van der Waals surface area contributed by atoms with E-state index in [0.717, 1.165) is 26.2 Å². The van der Waals surface area contributed by atoms with Crippen molar-refractivity contribution in [3.63, 3.8) is 0 Å². The number of nitrogens with zero attached hydrogens (tertiary/aromatic N) is 10. The lowest BCUT2D eigenvalue weighted by Gasteiger charge is -2.34. The van der Waals surface area contributed by atoms with E-state index in [4.69, 9.17) is 33.2 Å². The molecular formula is C43H46Cl2N14O5. The molecule has 0 radical (unpaired) electrons. The number of Topliss-reactive ketones (excluding diaryl/α,β-unsaturated/α-hetero) is 1. The largest absolute Gasteiger partial charge is 0.354 e. The van der Waals surface area contributed by atoms with Crippen molar-refractivity contribution in [2.45, 2.75) is 25.7 Å². The molecule has 2 aliphatic heterocycles. The Morgan fingerprint density at radius 1 is 0.641 bits per heavy atom. The zero-order valence-corrected chi connectivity index (χ0v) is 37.0. The number of anilines is 6. The van der Waals surface area contributed by atoms with Crippen LogP contribution in [0.1, 0.15) is 45.5 Å². The molecule has 64 heavy (non-hydrogen) atoms. The number of aryl methyl sites for hydroxylation is 2. The first-order chi connectivity index (χ1) is 30.8. The first kappa shape index (κ1) is 44.0. The zero-order valence-electron chi connectivity index (χ0n) is 35.5. The summed E-state index contributed by atoms with van der Waals surface area (Å²) in [4.78, 5) is 58.4. The fourth-order valence-corrected chi connectivity index (χ4v) is 8.75. The van der Waals surface area contributed by atoms with Gasteiger partial charge in [-0.05, 0) is 51.2 Å². The number of hydrogen-bond donors (Lipinski definition) is 4. The van der Waals surface area contributed by atoms with Gasteiger partial charge in [0.25, 0.3) is 0 Å². The van der Waals surface area contributed by atoms with Gasteiger partial charge < -0.3 is 30.2 Å². The maximum Gasteiger partial charge on any atom is 0.333 e. The average Bonchev–Trinajstić information content (AvgIpc) is 3.84. The summed E-state index contributed by atoms with van der Waals surface area (Å²) in [5.41, 5.74) is 2.15. The van der Waals surface area contributed by atoms with E-state index in [-0.39, 0.29) is 44.4 Å². The van der Waals surface area contributed by atoms with E-state index in [1.807, 2.05) is 14.1 Å². The van der Waals surface area contributed by atoms with Crippen molar-refractivity contribution >= 4 is 75.0 Å². The number of ketones is 1. The molecule has 2 saturated heterocycles. The third-order valence-corrected chi connectivity index (χ3v) is 12.5. The van der Waals surface area contributed by atoms with Gasteiger partial charge in [0.05, 0.1) is 21.7 Å². The molecule has 6 heterocycles. The van der Waals surface area contributed by atoms with Crippen LogP contribution < -0.4 is 20.4 Å². The predicted molar refractivity (Wildman–Crippen MR) is 246 cm³/mol. The smallest absolute Gasteiger partial charge is 0.333 e. The van der Waals surface area contributed by atoms with Gasteiger partial charge in [-0.1, -0.05) is 59.6 Å². The lowest BCUT2D eigenvalue weighted by molar-refractivity contribution is -0.384. The highest BCUT2D eigenvalue weighted by Crippen LogP contribution is 2.46. The molecule has 19 nitrogen and oxygen atoms in total. The quantitative estimate of drug-likeness (QED) is 0.0627. The number of benzene rings is 2. The monoisotopic (exact) mass is 908 g/mol. The second kappa shape index (κ2) is 18.6. The average molecular weight is 910 g/mol. The van der Waals surface area contributed by atoms with Crippen molar-refractivity contribution in [2.24, 2.45) is 0 Å². The van der Waals surface area contributed by atoms with Gasteiger partial charge in [0, 0.05) is 109 Å². The van der Waals surface area contributed by atoms with Gasteiger partial charge in [-0.25, -0.2) is 9.97 Å². The fourth-order valence-electron chi connectivity index (χ4n) is 8.26. The van der Waals surface area contributed by atoms with Gasteiger partial charge >= 0.3 is 11.4 Å². The molecular weight excluding hydrogens is 863 g/mol. The second-order valence-electron chi connectivity index (χ2n) is 16.0. The Balaban J connectivity index is 1.35. The minimum Gasteiger partial charge on any atom is -0.354 e. The van der Waals surface area contributed by atoms with Crippen LogP contribution in [0.15, 0.2) is 73.1 Å². The standard InChI is InChI=1S/C43H46Cl2N14O5/c1-25-39(58(61)62)42(52-50-25)48-33-21-35(56-17-13-54(3)14-18-56)46-23-29(33)37(27-9-5-7-11-31(27)44)41(60)38(28-10-6-8-12-32(28)45)30-24-47-36(57-19-15-55(4)16-20-57)22-34(30)49-43-40(59(63)64)26(2)51-53-43/h5-12,21-24,37-38H,13-20H2,1-4H3,(H2,46,48,50,52)(H2,47,49,51,53).